The second kappa shape index (κ2) is 4.47. The molecule has 0 unspecified atom stereocenters. The van der Waals surface area contributed by atoms with E-state index in [-0.39, 0.29) is 18.2 Å². The predicted molar refractivity (Wildman–Crippen MR) is 58.5 cm³/mol. The number of hydrogen-bond donors (Lipinski definition) is 1. The average Bonchev–Trinajstić information content (AvgIpc) is 1.84. The summed E-state index contributed by atoms with van der Waals surface area (Å²) < 4.78 is 13.8. The summed E-state index contributed by atoms with van der Waals surface area (Å²) in [6, 6.07) is 2.94. The van der Waals surface area contributed by atoms with Crippen molar-refractivity contribution in [2.45, 2.75) is 0 Å². The number of anilines is 1. The highest BCUT2D eigenvalue weighted by atomic mass is 127. The Bertz CT molecular complexity index is 219. The zero-order valence-electron chi connectivity index (χ0n) is 5.27. The van der Waals surface area contributed by atoms with Crippen LogP contribution in [0.4, 0.5) is 10.1 Å². The second-order valence-electron chi connectivity index (χ2n) is 1.79. The van der Waals surface area contributed by atoms with Gasteiger partial charge in [0.05, 0.1) is 4.47 Å². The summed E-state index contributed by atoms with van der Waals surface area (Å²) in [5, 5.41) is 0. The molecule has 1 aromatic carbocycles. The first kappa shape index (κ1) is 11.4. The van der Waals surface area contributed by atoms with Gasteiger partial charge >= 0.3 is 0 Å². The highest BCUT2D eigenvalue weighted by molar-refractivity contribution is 14.1. The summed E-state index contributed by atoms with van der Waals surface area (Å²) in [7, 11) is 0. The minimum absolute atomic E-state index is 0. The van der Waals surface area contributed by atoms with Gasteiger partial charge in [-0.1, -0.05) is 0 Å². The molecule has 0 fully saturated rings. The molecule has 1 nitrogen and oxygen atoms in total. The molecule has 0 radical (unpaired) electrons. The fourth-order valence-corrected chi connectivity index (χ4v) is 1.33. The number of hydrogen-bond acceptors (Lipinski definition) is 1. The fourth-order valence-electron chi connectivity index (χ4n) is 0.538. The number of nitrogens with two attached hydrogens (primary N) is 1. The molecule has 0 aromatic heterocycles. The summed E-state index contributed by atoms with van der Waals surface area (Å²) >= 11 is 5.00. The minimum atomic E-state index is -0.279. The van der Waals surface area contributed by atoms with Crippen molar-refractivity contribution in [1.82, 2.24) is 0 Å². The number of halogens is 4. The molecule has 0 atom stereocenters. The monoisotopic (exact) mass is 351 g/mol. The van der Waals surface area contributed by atoms with Crippen molar-refractivity contribution in [1.29, 1.82) is 0 Å². The van der Waals surface area contributed by atoms with Gasteiger partial charge in [0.2, 0.25) is 0 Å². The van der Waals surface area contributed by atoms with Crippen molar-refractivity contribution < 1.29 is 4.39 Å². The van der Waals surface area contributed by atoms with E-state index >= 15 is 0 Å². The number of rotatable bonds is 0. The molecular formula is C6H5BrClFIN. The topological polar surface area (TPSA) is 26.0 Å². The van der Waals surface area contributed by atoms with Crippen LogP contribution in [-0.2, 0) is 0 Å². The lowest BCUT2D eigenvalue weighted by atomic mass is 10.3. The van der Waals surface area contributed by atoms with Gasteiger partial charge in [0, 0.05) is 9.26 Å². The first-order valence-electron chi connectivity index (χ1n) is 2.51. The van der Waals surface area contributed by atoms with Gasteiger partial charge in [0.1, 0.15) is 5.82 Å². The smallest absolute Gasteiger partial charge is 0.138 e. The summed E-state index contributed by atoms with van der Waals surface area (Å²) in [5.74, 6) is -0.279. The van der Waals surface area contributed by atoms with Gasteiger partial charge in [-0.05, 0) is 50.7 Å². The van der Waals surface area contributed by atoms with Crippen molar-refractivity contribution in [2.75, 3.05) is 5.73 Å². The third kappa shape index (κ3) is 2.76. The predicted octanol–water partition coefficient (Wildman–Crippen LogP) is 3.20. The second-order valence-corrected chi connectivity index (χ2v) is 3.80. The van der Waals surface area contributed by atoms with E-state index in [0.717, 1.165) is 3.57 Å². The Kier molecular flexibility index (Phi) is 4.65. The van der Waals surface area contributed by atoms with Crippen molar-refractivity contribution in [2.24, 2.45) is 0 Å². The highest BCUT2D eigenvalue weighted by Crippen LogP contribution is 2.23. The van der Waals surface area contributed by atoms with E-state index in [1.807, 2.05) is 22.6 Å². The molecule has 0 aliphatic heterocycles. The Morgan fingerprint density at radius 1 is 1.45 bits per heavy atom. The van der Waals surface area contributed by atoms with E-state index in [1.54, 1.807) is 6.07 Å². The molecule has 62 valence electrons. The van der Waals surface area contributed by atoms with E-state index < -0.39 is 0 Å². The molecule has 11 heavy (non-hydrogen) atoms. The van der Waals surface area contributed by atoms with E-state index in [0.29, 0.717) is 10.2 Å². The van der Waals surface area contributed by atoms with Crippen LogP contribution in [0.2, 0.25) is 0 Å². The normalized spacial score (nSPS) is 9.00. The first-order chi connectivity index (χ1) is 4.61. The Balaban J connectivity index is 0.000001000. The maximum atomic E-state index is 12.7. The SMILES string of the molecule is Cl.Nc1cc(Br)c(F)cc1I. The zero-order valence-corrected chi connectivity index (χ0v) is 9.83. The van der Waals surface area contributed by atoms with Gasteiger partial charge in [-0.25, -0.2) is 4.39 Å². The molecule has 2 N–H and O–H groups in total. The third-order valence-electron chi connectivity index (χ3n) is 1.04. The molecule has 0 saturated heterocycles. The maximum Gasteiger partial charge on any atom is 0.138 e. The summed E-state index contributed by atoms with van der Waals surface area (Å²) in [6.07, 6.45) is 0. The zero-order chi connectivity index (χ0) is 7.72. The van der Waals surface area contributed by atoms with E-state index in [1.165, 1.54) is 6.07 Å². The van der Waals surface area contributed by atoms with Crippen LogP contribution in [0.5, 0.6) is 0 Å². The fraction of sp³-hybridized carbons (Fsp3) is 0. The Labute approximate surface area is 92.2 Å². The van der Waals surface area contributed by atoms with Crippen molar-refractivity contribution in [3.05, 3.63) is 26.0 Å². The lowest BCUT2D eigenvalue weighted by Gasteiger charge is -1.98. The minimum Gasteiger partial charge on any atom is -0.398 e. The molecule has 0 saturated carbocycles. The van der Waals surface area contributed by atoms with Crippen molar-refractivity contribution >= 4 is 56.6 Å². The Morgan fingerprint density at radius 3 is 2.45 bits per heavy atom. The number of benzene rings is 1. The molecule has 0 aliphatic carbocycles. The highest BCUT2D eigenvalue weighted by Gasteiger charge is 2.01. The summed E-state index contributed by atoms with van der Waals surface area (Å²) in [5.41, 5.74) is 6.08. The van der Waals surface area contributed by atoms with Crippen LogP contribution in [0.3, 0.4) is 0 Å². The lowest BCUT2D eigenvalue weighted by molar-refractivity contribution is 0.620. The van der Waals surface area contributed by atoms with Crippen LogP contribution in [-0.4, -0.2) is 0 Å². The van der Waals surface area contributed by atoms with Crippen molar-refractivity contribution in [3.8, 4) is 0 Å². The third-order valence-corrected chi connectivity index (χ3v) is 2.58. The van der Waals surface area contributed by atoms with Gasteiger partial charge in [-0.3, -0.25) is 0 Å². The Morgan fingerprint density at radius 2 is 2.00 bits per heavy atom. The number of nitrogen functional groups attached to an aromatic ring is 1. The standard InChI is InChI=1S/C6H4BrFIN.ClH/c7-3-1-6(10)5(9)2-4(3)8;/h1-2H,10H2;1H. The summed E-state index contributed by atoms with van der Waals surface area (Å²) in [4.78, 5) is 0. The summed E-state index contributed by atoms with van der Waals surface area (Å²) in [6.45, 7) is 0. The Hall–Kier alpha value is 0.450. The van der Waals surface area contributed by atoms with Gasteiger partial charge in [0.15, 0.2) is 0 Å². The van der Waals surface area contributed by atoms with Crippen LogP contribution >= 0.6 is 50.9 Å². The van der Waals surface area contributed by atoms with Crippen LogP contribution in [0, 0.1) is 9.39 Å². The van der Waals surface area contributed by atoms with Crippen LogP contribution in [0.25, 0.3) is 0 Å². The van der Waals surface area contributed by atoms with E-state index in [4.69, 9.17) is 5.73 Å². The molecule has 5 heteroatoms. The molecule has 0 aliphatic rings. The largest absolute Gasteiger partial charge is 0.398 e. The molecule has 1 aromatic rings. The molecule has 0 bridgehead atoms. The quantitative estimate of drug-likeness (QED) is 0.433. The molecule has 0 spiro atoms. The maximum absolute atomic E-state index is 12.7. The molecule has 1 rings (SSSR count). The van der Waals surface area contributed by atoms with Crippen LogP contribution in [0.15, 0.2) is 16.6 Å². The van der Waals surface area contributed by atoms with Gasteiger partial charge in [-0.2, -0.15) is 0 Å². The lowest BCUT2D eigenvalue weighted by Crippen LogP contribution is -1.90. The molecule has 0 amide bonds. The molecule has 0 heterocycles. The molecular weight excluding hydrogens is 347 g/mol. The van der Waals surface area contributed by atoms with E-state index in [2.05, 4.69) is 15.9 Å². The van der Waals surface area contributed by atoms with E-state index in [9.17, 15) is 4.39 Å². The van der Waals surface area contributed by atoms with Gasteiger partial charge in [-0.15, -0.1) is 12.4 Å². The average molecular weight is 352 g/mol. The van der Waals surface area contributed by atoms with Crippen molar-refractivity contribution in [3.63, 3.8) is 0 Å². The van der Waals surface area contributed by atoms with Gasteiger partial charge < -0.3 is 5.73 Å². The van der Waals surface area contributed by atoms with Crippen LogP contribution in [0.1, 0.15) is 0 Å². The first-order valence-corrected chi connectivity index (χ1v) is 4.38. The van der Waals surface area contributed by atoms with Gasteiger partial charge in [0.25, 0.3) is 0 Å². The van der Waals surface area contributed by atoms with Crippen LogP contribution < -0.4 is 5.73 Å².